The molecule has 140 valence electrons. The molecule has 0 bridgehead atoms. The van der Waals surface area contributed by atoms with Crippen molar-refractivity contribution in [1.29, 1.82) is 0 Å². The maximum absolute atomic E-state index is 13.6. The molecular formula is C19H24FN3O3. The minimum absolute atomic E-state index is 0.103. The van der Waals surface area contributed by atoms with Crippen LogP contribution in [0.3, 0.4) is 0 Å². The highest BCUT2D eigenvalue weighted by Crippen LogP contribution is 2.31. The summed E-state index contributed by atoms with van der Waals surface area (Å²) in [7, 11) is 1.71. The lowest BCUT2D eigenvalue weighted by molar-refractivity contribution is 0.0682. The molecule has 2 atom stereocenters. The summed E-state index contributed by atoms with van der Waals surface area (Å²) in [6.07, 6.45) is 5.22. The van der Waals surface area contributed by atoms with Gasteiger partial charge in [-0.25, -0.2) is 9.18 Å². The topological polar surface area (TPSA) is 61.9 Å². The van der Waals surface area contributed by atoms with Gasteiger partial charge in [-0.15, -0.1) is 0 Å². The van der Waals surface area contributed by atoms with Crippen molar-refractivity contribution < 1.29 is 18.7 Å². The summed E-state index contributed by atoms with van der Waals surface area (Å²) in [4.78, 5) is 28.6. The number of hydrogen-bond donors (Lipinski definition) is 1. The predicted octanol–water partition coefficient (Wildman–Crippen LogP) is 2.39. The van der Waals surface area contributed by atoms with E-state index in [2.05, 4.69) is 5.32 Å². The second-order valence-electron chi connectivity index (χ2n) is 7.47. The van der Waals surface area contributed by atoms with E-state index < -0.39 is 5.82 Å². The molecule has 4 rings (SSSR count). The minimum Gasteiger partial charge on any atom is -0.485 e. The first kappa shape index (κ1) is 17.1. The van der Waals surface area contributed by atoms with Gasteiger partial charge in [-0.3, -0.25) is 4.79 Å². The van der Waals surface area contributed by atoms with Gasteiger partial charge in [0.05, 0.1) is 18.2 Å². The van der Waals surface area contributed by atoms with Gasteiger partial charge in [-0.2, -0.15) is 0 Å². The van der Waals surface area contributed by atoms with E-state index in [1.807, 2.05) is 0 Å². The van der Waals surface area contributed by atoms with Gasteiger partial charge in [0.1, 0.15) is 17.7 Å². The number of carbonyl (C=O) groups excluding carboxylic acids is 2. The van der Waals surface area contributed by atoms with Crippen LogP contribution in [-0.2, 0) is 0 Å². The first-order valence-corrected chi connectivity index (χ1v) is 9.32. The van der Waals surface area contributed by atoms with Crippen molar-refractivity contribution in [2.45, 2.75) is 50.3 Å². The molecule has 1 N–H and O–H groups in total. The summed E-state index contributed by atoms with van der Waals surface area (Å²) >= 11 is 0. The molecule has 0 unspecified atom stereocenters. The van der Waals surface area contributed by atoms with Crippen molar-refractivity contribution in [1.82, 2.24) is 15.1 Å². The van der Waals surface area contributed by atoms with Crippen LogP contribution in [0.5, 0.6) is 5.75 Å². The number of urea groups is 1. The minimum atomic E-state index is -0.442. The first-order chi connectivity index (χ1) is 12.5. The highest BCUT2D eigenvalue weighted by atomic mass is 19.1. The Hall–Kier alpha value is -2.31. The van der Waals surface area contributed by atoms with E-state index in [-0.39, 0.29) is 35.9 Å². The Kier molecular flexibility index (Phi) is 4.46. The van der Waals surface area contributed by atoms with Gasteiger partial charge in [0.25, 0.3) is 5.91 Å². The number of carbonyl (C=O) groups is 2. The lowest BCUT2D eigenvalue weighted by atomic mass is 9.96. The number of nitrogens with one attached hydrogen (secondary N) is 1. The van der Waals surface area contributed by atoms with Crippen molar-refractivity contribution in [3.63, 3.8) is 0 Å². The molecule has 7 heteroatoms. The van der Waals surface area contributed by atoms with E-state index in [1.54, 1.807) is 16.8 Å². The lowest BCUT2D eigenvalue weighted by Crippen LogP contribution is -2.46. The van der Waals surface area contributed by atoms with Crippen LogP contribution in [0.25, 0.3) is 0 Å². The summed E-state index contributed by atoms with van der Waals surface area (Å²) in [5, 5.41) is 3.11. The molecule has 2 aliphatic heterocycles. The van der Waals surface area contributed by atoms with Crippen LogP contribution in [0, 0.1) is 5.82 Å². The third-order valence-electron chi connectivity index (χ3n) is 5.73. The van der Waals surface area contributed by atoms with Gasteiger partial charge in [0.15, 0.2) is 0 Å². The van der Waals surface area contributed by atoms with Crippen LogP contribution in [0.4, 0.5) is 9.18 Å². The summed E-state index contributed by atoms with van der Waals surface area (Å²) in [5.41, 5.74) is 0.363. The number of likely N-dealkylation sites (tertiary alicyclic amines) is 1. The second-order valence-corrected chi connectivity index (χ2v) is 7.47. The van der Waals surface area contributed by atoms with Crippen LogP contribution in [0.2, 0.25) is 0 Å². The quantitative estimate of drug-likeness (QED) is 0.835. The average molecular weight is 361 g/mol. The lowest BCUT2D eigenvalue weighted by Gasteiger charge is -2.27. The molecule has 1 saturated carbocycles. The molecule has 26 heavy (non-hydrogen) atoms. The van der Waals surface area contributed by atoms with Crippen LogP contribution in [-0.4, -0.2) is 60.1 Å². The number of benzene rings is 1. The van der Waals surface area contributed by atoms with Gasteiger partial charge in [0, 0.05) is 25.7 Å². The monoisotopic (exact) mass is 361 g/mol. The standard InChI is InChI=1S/C19H24FN3O3/c1-22-15-10-23(19(25)21-13-5-3-2-4-6-13)11-17(15)26-16-9-12(20)7-8-14(16)18(22)24/h7-9,13,15,17H,2-6,10-11H2,1H3,(H,21,25)/t15-,17+/m1/s1. The number of amides is 3. The van der Waals surface area contributed by atoms with Crippen molar-refractivity contribution in [2.24, 2.45) is 0 Å². The van der Waals surface area contributed by atoms with Gasteiger partial charge in [-0.1, -0.05) is 19.3 Å². The molecule has 3 aliphatic rings. The normalized spacial score (nSPS) is 26.0. The number of halogens is 1. The fraction of sp³-hybridized carbons (Fsp3) is 0.579. The number of hydrogen-bond acceptors (Lipinski definition) is 3. The molecule has 1 aromatic rings. The molecule has 3 amide bonds. The van der Waals surface area contributed by atoms with Crippen LogP contribution >= 0.6 is 0 Å². The zero-order chi connectivity index (χ0) is 18.3. The Morgan fingerprint density at radius 2 is 2.00 bits per heavy atom. The number of nitrogens with zero attached hydrogens (tertiary/aromatic N) is 2. The molecular weight excluding hydrogens is 337 g/mol. The van der Waals surface area contributed by atoms with Gasteiger partial charge < -0.3 is 19.9 Å². The Morgan fingerprint density at radius 3 is 2.77 bits per heavy atom. The third kappa shape index (κ3) is 3.10. The predicted molar refractivity (Wildman–Crippen MR) is 93.7 cm³/mol. The molecule has 2 fully saturated rings. The largest absolute Gasteiger partial charge is 0.485 e. The molecule has 1 aliphatic carbocycles. The summed E-state index contributed by atoms with van der Waals surface area (Å²) < 4.78 is 19.5. The van der Waals surface area contributed by atoms with Crippen LogP contribution < -0.4 is 10.1 Å². The Bertz CT molecular complexity index is 720. The number of likely N-dealkylation sites (N-methyl/N-ethyl adjacent to an activating group) is 1. The summed E-state index contributed by atoms with van der Waals surface area (Å²) in [6.45, 7) is 0.804. The van der Waals surface area contributed by atoms with E-state index >= 15 is 0 Å². The Morgan fingerprint density at radius 1 is 1.23 bits per heavy atom. The van der Waals surface area contributed by atoms with Gasteiger partial charge in [0.2, 0.25) is 0 Å². The van der Waals surface area contributed by atoms with Crippen LogP contribution in [0.15, 0.2) is 18.2 Å². The zero-order valence-corrected chi connectivity index (χ0v) is 14.9. The molecule has 0 radical (unpaired) electrons. The van der Waals surface area contributed by atoms with Gasteiger partial charge >= 0.3 is 6.03 Å². The average Bonchev–Trinajstić information content (AvgIpc) is 3.02. The van der Waals surface area contributed by atoms with Crippen molar-refractivity contribution in [3.05, 3.63) is 29.6 Å². The highest BCUT2D eigenvalue weighted by Gasteiger charge is 2.44. The third-order valence-corrected chi connectivity index (χ3v) is 5.73. The Labute approximate surface area is 152 Å². The first-order valence-electron chi connectivity index (χ1n) is 9.32. The fourth-order valence-corrected chi connectivity index (χ4v) is 4.20. The molecule has 6 nitrogen and oxygen atoms in total. The smallest absolute Gasteiger partial charge is 0.317 e. The zero-order valence-electron chi connectivity index (χ0n) is 14.9. The van der Waals surface area contributed by atoms with Gasteiger partial charge in [-0.05, 0) is 25.0 Å². The van der Waals surface area contributed by atoms with E-state index in [9.17, 15) is 14.0 Å². The van der Waals surface area contributed by atoms with Crippen LogP contribution in [0.1, 0.15) is 42.5 Å². The SMILES string of the molecule is CN1C(=O)c2ccc(F)cc2O[C@H]2CN(C(=O)NC3CCCCC3)C[C@H]21. The van der Waals surface area contributed by atoms with Crippen molar-refractivity contribution in [3.8, 4) is 5.75 Å². The van der Waals surface area contributed by atoms with Crippen molar-refractivity contribution >= 4 is 11.9 Å². The van der Waals surface area contributed by atoms with E-state index in [4.69, 9.17) is 4.74 Å². The second kappa shape index (κ2) is 6.78. The molecule has 0 spiro atoms. The van der Waals surface area contributed by atoms with E-state index in [0.717, 1.165) is 25.7 Å². The maximum atomic E-state index is 13.6. The Balaban J connectivity index is 1.49. The number of rotatable bonds is 1. The maximum Gasteiger partial charge on any atom is 0.317 e. The molecule has 1 aromatic carbocycles. The summed E-state index contributed by atoms with van der Waals surface area (Å²) in [6, 6.07) is 3.85. The molecule has 1 saturated heterocycles. The number of ether oxygens (including phenoxy) is 1. The highest BCUT2D eigenvalue weighted by molar-refractivity contribution is 5.97. The fourth-order valence-electron chi connectivity index (χ4n) is 4.20. The number of fused-ring (bicyclic) bond motifs is 2. The van der Waals surface area contributed by atoms with E-state index in [1.165, 1.54) is 24.6 Å². The summed E-state index contributed by atoms with van der Waals surface area (Å²) in [5.74, 6) is -0.395. The molecule has 0 aromatic heterocycles. The van der Waals surface area contributed by atoms with E-state index in [0.29, 0.717) is 18.7 Å². The molecule has 2 heterocycles. The van der Waals surface area contributed by atoms with Crippen molar-refractivity contribution in [2.75, 3.05) is 20.1 Å².